The van der Waals surface area contributed by atoms with Crippen LogP contribution in [0.3, 0.4) is 0 Å². The van der Waals surface area contributed by atoms with E-state index in [2.05, 4.69) is 60.4 Å². The van der Waals surface area contributed by atoms with E-state index in [1.165, 1.54) is 5.56 Å². The van der Waals surface area contributed by atoms with Gasteiger partial charge in [0.1, 0.15) is 18.0 Å². The minimum absolute atomic E-state index is 0.0189. The lowest BCUT2D eigenvalue weighted by atomic mass is 10.1. The summed E-state index contributed by atoms with van der Waals surface area (Å²) < 4.78 is 0. The number of nitrogens with one attached hydrogen (secondary N) is 2. The molecule has 0 saturated carbocycles. The molecule has 0 amide bonds. The van der Waals surface area contributed by atoms with E-state index in [9.17, 15) is 0 Å². The van der Waals surface area contributed by atoms with Crippen molar-refractivity contribution in [2.45, 2.75) is 33.2 Å². The van der Waals surface area contributed by atoms with Crippen LogP contribution >= 0.6 is 0 Å². The standard InChI is InChI=1S/C15H20N4/c1-11-6-5-7-12(8-11)18-13-9-14(17-10-16-13)19-15(2,3)4/h5-10H,1-4H3,(H2,16,17,18,19). The Morgan fingerprint density at radius 1 is 1.00 bits per heavy atom. The maximum absolute atomic E-state index is 4.23. The second-order valence-corrected chi connectivity index (χ2v) is 5.66. The van der Waals surface area contributed by atoms with Gasteiger partial charge in [-0.2, -0.15) is 0 Å². The second-order valence-electron chi connectivity index (χ2n) is 5.66. The first-order valence-corrected chi connectivity index (χ1v) is 6.36. The third-order valence-corrected chi connectivity index (χ3v) is 2.46. The van der Waals surface area contributed by atoms with E-state index in [4.69, 9.17) is 0 Å². The zero-order chi connectivity index (χ0) is 13.9. The molecule has 0 saturated heterocycles. The molecule has 19 heavy (non-hydrogen) atoms. The molecular formula is C15H20N4. The van der Waals surface area contributed by atoms with E-state index in [0.29, 0.717) is 0 Å². The Morgan fingerprint density at radius 3 is 2.42 bits per heavy atom. The molecule has 100 valence electrons. The number of nitrogens with zero attached hydrogens (tertiary/aromatic N) is 2. The number of aromatic nitrogens is 2. The molecule has 0 radical (unpaired) electrons. The predicted octanol–water partition coefficient (Wildman–Crippen LogP) is 3.74. The van der Waals surface area contributed by atoms with Gasteiger partial charge in [0.25, 0.3) is 0 Å². The molecule has 2 aromatic rings. The van der Waals surface area contributed by atoms with E-state index < -0.39 is 0 Å². The van der Waals surface area contributed by atoms with E-state index in [1.807, 2.05) is 18.2 Å². The lowest BCUT2D eigenvalue weighted by Gasteiger charge is -2.21. The number of hydrogen-bond donors (Lipinski definition) is 2. The SMILES string of the molecule is Cc1cccc(Nc2cc(NC(C)(C)C)ncn2)c1. The van der Waals surface area contributed by atoms with Gasteiger partial charge in [0.2, 0.25) is 0 Å². The summed E-state index contributed by atoms with van der Waals surface area (Å²) in [5.41, 5.74) is 2.22. The van der Waals surface area contributed by atoms with Crippen LogP contribution in [0.15, 0.2) is 36.7 Å². The Balaban J connectivity index is 2.15. The highest BCUT2D eigenvalue weighted by molar-refractivity contribution is 5.59. The van der Waals surface area contributed by atoms with Gasteiger partial charge in [-0.05, 0) is 45.4 Å². The van der Waals surface area contributed by atoms with Crippen molar-refractivity contribution in [1.29, 1.82) is 0 Å². The van der Waals surface area contributed by atoms with Gasteiger partial charge in [0.05, 0.1) is 0 Å². The predicted molar refractivity (Wildman–Crippen MR) is 79.9 cm³/mol. The topological polar surface area (TPSA) is 49.8 Å². The third kappa shape index (κ3) is 4.25. The second kappa shape index (κ2) is 5.26. The Kier molecular flexibility index (Phi) is 3.69. The first-order chi connectivity index (χ1) is 8.92. The highest BCUT2D eigenvalue weighted by Gasteiger charge is 2.10. The smallest absolute Gasteiger partial charge is 0.135 e. The van der Waals surface area contributed by atoms with Gasteiger partial charge in [0, 0.05) is 17.3 Å². The van der Waals surface area contributed by atoms with E-state index in [0.717, 1.165) is 17.3 Å². The summed E-state index contributed by atoms with van der Waals surface area (Å²) in [4.78, 5) is 8.45. The minimum Gasteiger partial charge on any atom is -0.365 e. The zero-order valence-corrected chi connectivity index (χ0v) is 11.9. The van der Waals surface area contributed by atoms with E-state index in [-0.39, 0.29) is 5.54 Å². The van der Waals surface area contributed by atoms with Crippen LogP contribution in [-0.2, 0) is 0 Å². The number of benzene rings is 1. The molecular weight excluding hydrogens is 236 g/mol. The molecule has 0 spiro atoms. The normalized spacial score (nSPS) is 11.2. The maximum atomic E-state index is 4.23. The Hall–Kier alpha value is -2.10. The molecule has 1 aromatic heterocycles. The highest BCUT2D eigenvalue weighted by Crippen LogP contribution is 2.18. The molecule has 2 rings (SSSR count). The minimum atomic E-state index is -0.0189. The molecule has 0 atom stereocenters. The van der Waals surface area contributed by atoms with Crippen LogP contribution in [0.25, 0.3) is 0 Å². The quantitative estimate of drug-likeness (QED) is 0.878. The van der Waals surface area contributed by atoms with Crippen molar-refractivity contribution in [3.63, 3.8) is 0 Å². The van der Waals surface area contributed by atoms with E-state index >= 15 is 0 Å². The molecule has 0 bridgehead atoms. The largest absolute Gasteiger partial charge is 0.365 e. The highest BCUT2D eigenvalue weighted by atomic mass is 15.1. The van der Waals surface area contributed by atoms with Crippen molar-refractivity contribution in [2.24, 2.45) is 0 Å². The number of hydrogen-bond acceptors (Lipinski definition) is 4. The summed E-state index contributed by atoms with van der Waals surface area (Å²) in [6.07, 6.45) is 1.56. The maximum Gasteiger partial charge on any atom is 0.135 e. The number of rotatable bonds is 3. The fourth-order valence-electron chi connectivity index (χ4n) is 1.75. The molecule has 0 aliphatic rings. The summed E-state index contributed by atoms with van der Waals surface area (Å²) in [7, 11) is 0. The van der Waals surface area contributed by atoms with Crippen LogP contribution in [0.1, 0.15) is 26.3 Å². The zero-order valence-electron chi connectivity index (χ0n) is 11.9. The van der Waals surface area contributed by atoms with Gasteiger partial charge in [-0.25, -0.2) is 9.97 Å². The van der Waals surface area contributed by atoms with Gasteiger partial charge in [-0.3, -0.25) is 0 Å². The Bertz CT molecular complexity index is 558. The molecule has 0 aliphatic carbocycles. The lowest BCUT2D eigenvalue weighted by Crippen LogP contribution is -2.26. The van der Waals surface area contributed by atoms with Gasteiger partial charge in [-0.15, -0.1) is 0 Å². The van der Waals surface area contributed by atoms with Crippen LogP contribution in [0.2, 0.25) is 0 Å². The third-order valence-electron chi connectivity index (χ3n) is 2.46. The molecule has 4 nitrogen and oxygen atoms in total. The van der Waals surface area contributed by atoms with Crippen LogP contribution < -0.4 is 10.6 Å². The summed E-state index contributed by atoms with van der Waals surface area (Å²) in [5.74, 6) is 1.60. The molecule has 0 fully saturated rings. The summed E-state index contributed by atoms with van der Waals surface area (Å²) >= 11 is 0. The first kappa shape index (κ1) is 13.3. The fourth-order valence-corrected chi connectivity index (χ4v) is 1.75. The lowest BCUT2D eigenvalue weighted by molar-refractivity contribution is 0.630. The van der Waals surface area contributed by atoms with Crippen molar-refractivity contribution < 1.29 is 0 Å². The number of aryl methyl sites for hydroxylation is 1. The Morgan fingerprint density at radius 2 is 1.74 bits per heavy atom. The van der Waals surface area contributed by atoms with Gasteiger partial charge >= 0.3 is 0 Å². The molecule has 0 aliphatic heterocycles. The van der Waals surface area contributed by atoms with Crippen molar-refractivity contribution >= 4 is 17.3 Å². The fraction of sp³-hybridized carbons (Fsp3) is 0.333. The van der Waals surface area contributed by atoms with Crippen molar-refractivity contribution in [2.75, 3.05) is 10.6 Å². The average molecular weight is 256 g/mol. The molecule has 1 aromatic carbocycles. The molecule has 2 N–H and O–H groups in total. The summed E-state index contributed by atoms with van der Waals surface area (Å²) in [5, 5.41) is 6.61. The van der Waals surface area contributed by atoms with Crippen LogP contribution in [0.5, 0.6) is 0 Å². The molecule has 1 heterocycles. The monoisotopic (exact) mass is 256 g/mol. The van der Waals surface area contributed by atoms with Crippen molar-refractivity contribution in [1.82, 2.24) is 9.97 Å². The molecule has 4 heteroatoms. The van der Waals surface area contributed by atoms with Gasteiger partial charge in [0.15, 0.2) is 0 Å². The summed E-state index contributed by atoms with van der Waals surface area (Å²) in [6.45, 7) is 8.37. The Labute approximate surface area is 114 Å². The first-order valence-electron chi connectivity index (χ1n) is 6.36. The summed E-state index contributed by atoms with van der Waals surface area (Å²) in [6, 6.07) is 10.1. The van der Waals surface area contributed by atoms with Crippen LogP contribution in [0.4, 0.5) is 17.3 Å². The van der Waals surface area contributed by atoms with Crippen LogP contribution in [0, 0.1) is 6.92 Å². The average Bonchev–Trinajstić information content (AvgIpc) is 2.27. The van der Waals surface area contributed by atoms with E-state index in [1.54, 1.807) is 6.33 Å². The number of anilines is 3. The van der Waals surface area contributed by atoms with Crippen LogP contribution in [-0.4, -0.2) is 15.5 Å². The van der Waals surface area contributed by atoms with Gasteiger partial charge < -0.3 is 10.6 Å². The van der Waals surface area contributed by atoms with Gasteiger partial charge in [-0.1, -0.05) is 12.1 Å². The molecule has 0 unspecified atom stereocenters. The van der Waals surface area contributed by atoms with Crippen molar-refractivity contribution in [3.8, 4) is 0 Å². The van der Waals surface area contributed by atoms with Crippen molar-refractivity contribution in [3.05, 3.63) is 42.2 Å².